The summed E-state index contributed by atoms with van der Waals surface area (Å²) in [6.45, 7) is 0.110. The average Bonchev–Trinajstić information content (AvgIpc) is 2.25. The van der Waals surface area contributed by atoms with Crippen molar-refractivity contribution in [3.05, 3.63) is 35.9 Å². The van der Waals surface area contributed by atoms with Crippen LogP contribution in [0.4, 0.5) is 4.39 Å². The van der Waals surface area contributed by atoms with E-state index in [1.54, 1.807) is 0 Å². The van der Waals surface area contributed by atoms with Gasteiger partial charge in [-0.05, 0) is 5.56 Å². The van der Waals surface area contributed by atoms with Crippen LogP contribution in [0.3, 0.4) is 0 Å². The molecule has 1 aromatic rings. The highest BCUT2D eigenvalue weighted by Gasteiger charge is 2.50. The number of ether oxygens (including phenoxy) is 1. The van der Waals surface area contributed by atoms with E-state index in [0.29, 0.717) is 0 Å². The molecule has 0 amide bonds. The van der Waals surface area contributed by atoms with Crippen molar-refractivity contribution in [3.63, 3.8) is 0 Å². The van der Waals surface area contributed by atoms with Crippen molar-refractivity contribution in [3.8, 4) is 0 Å². The van der Waals surface area contributed by atoms with E-state index < -0.39 is 17.7 Å². The molecule has 0 unspecified atom stereocenters. The number of carbonyl (C=O) groups is 1. The molecular weight excluding hydrogens is 211 g/mol. The number of carbonyl (C=O) groups excluding carboxylic acids is 1. The van der Waals surface area contributed by atoms with Crippen LogP contribution in [0.1, 0.15) is 18.4 Å². The molecule has 1 aliphatic carbocycles. The smallest absolute Gasteiger partial charge is 0.338 e. The molecule has 0 aliphatic heterocycles. The molecule has 16 heavy (non-hydrogen) atoms. The maximum atomic E-state index is 12.6. The van der Waals surface area contributed by atoms with E-state index in [9.17, 15) is 14.3 Å². The summed E-state index contributed by atoms with van der Waals surface area (Å²) >= 11 is 0. The van der Waals surface area contributed by atoms with Gasteiger partial charge < -0.3 is 9.84 Å². The summed E-state index contributed by atoms with van der Waals surface area (Å²) in [6, 6.07) is 9.16. The fraction of sp³-hybridized carbons (Fsp3) is 0.417. The number of hydrogen-bond donors (Lipinski definition) is 1. The van der Waals surface area contributed by atoms with Gasteiger partial charge in [0.2, 0.25) is 0 Å². The van der Waals surface area contributed by atoms with Gasteiger partial charge in [-0.2, -0.15) is 0 Å². The van der Waals surface area contributed by atoms with Crippen molar-refractivity contribution >= 4 is 5.97 Å². The Morgan fingerprint density at radius 1 is 1.44 bits per heavy atom. The third kappa shape index (κ3) is 2.22. The first-order chi connectivity index (χ1) is 7.60. The van der Waals surface area contributed by atoms with E-state index in [1.807, 2.05) is 30.3 Å². The van der Waals surface area contributed by atoms with E-state index in [-0.39, 0.29) is 19.4 Å². The first-order valence-electron chi connectivity index (χ1n) is 5.18. The Hall–Kier alpha value is -1.42. The van der Waals surface area contributed by atoms with E-state index in [1.165, 1.54) is 0 Å². The first-order valence-corrected chi connectivity index (χ1v) is 5.18. The number of esters is 1. The summed E-state index contributed by atoms with van der Waals surface area (Å²) in [5.74, 6) is -0.731. The molecule has 1 fully saturated rings. The Morgan fingerprint density at radius 3 is 2.62 bits per heavy atom. The molecule has 0 spiro atoms. The van der Waals surface area contributed by atoms with Crippen LogP contribution in [-0.4, -0.2) is 22.8 Å². The molecule has 0 bridgehead atoms. The van der Waals surface area contributed by atoms with Crippen molar-refractivity contribution in [1.29, 1.82) is 0 Å². The molecule has 0 atom stereocenters. The highest BCUT2D eigenvalue weighted by atomic mass is 19.1. The molecule has 3 nitrogen and oxygen atoms in total. The third-order valence-electron chi connectivity index (χ3n) is 2.71. The van der Waals surface area contributed by atoms with Gasteiger partial charge in [-0.1, -0.05) is 30.3 Å². The quantitative estimate of drug-likeness (QED) is 0.793. The lowest BCUT2D eigenvalue weighted by Gasteiger charge is -2.36. The molecule has 1 aliphatic rings. The highest BCUT2D eigenvalue weighted by Crippen LogP contribution is 2.35. The van der Waals surface area contributed by atoms with Crippen molar-refractivity contribution in [1.82, 2.24) is 0 Å². The molecule has 1 aromatic carbocycles. The molecule has 4 heteroatoms. The molecule has 0 radical (unpaired) electrons. The molecule has 0 heterocycles. The van der Waals surface area contributed by atoms with Crippen LogP contribution < -0.4 is 0 Å². The topological polar surface area (TPSA) is 46.5 Å². The molecule has 2 rings (SSSR count). The van der Waals surface area contributed by atoms with Gasteiger partial charge in [0.05, 0.1) is 0 Å². The lowest BCUT2D eigenvalue weighted by atomic mass is 9.78. The first kappa shape index (κ1) is 11.1. The van der Waals surface area contributed by atoms with Gasteiger partial charge in [0, 0.05) is 12.8 Å². The van der Waals surface area contributed by atoms with E-state index in [0.717, 1.165) is 5.56 Å². The lowest BCUT2D eigenvalue weighted by molar-refractivity contribution is -0.183. The van der Waals surface area contributed by atoms with Gasteiger partial charge in [-0.15, -0.1) is 0 Å². The van der Waals surface area contributed by atoms with Gasteiger partial charge in [0.1, 0.15) is 12.8 Å². The van der Waals surface area contributed by atoms with E-state index in [2.05, 4.69) is 0 Å². The van der Waals surface area contributed by atoms with Gasteiger partial charge in [-0.25, -0.2) is 9.18 Å². The number of halogens is 1. The highest BCUT2D eigenvalue weighted by molar-refractivity contribution is 5.80. The van der Waals surface area contributed by atoms with Crippen LogP contribution in [0, 0.1) is 0 Å². The summed E-state index contributed by atoms with van der Waals surface area (Å²) in [5, 5.41) is 9.61. The maximum absolute atomic E-state index is 12.6. The monoisotopic (exact) mass is 224 g/mol. The Bertz CT molecular complexity index is 371. The normalized spacial score (nSPS) is 28.2. The van der Waals surface area contributed by atoms with Gasteiger partial charge in [0.15, 0.2) is 5.60 Å². The number of rotatable bonds is 3. The predicted octanol–water partition coefficient (Wildman–Crippen LogP) is 1.59. The minimum atomic E-state index is -1.60. The molecular formula is C12H13FO3. The SMILES string of the molecule is O=C(OCc1ccccc1)C1(O)CC(F)C1. The zero-order chi connectivity index (χ0) is 11.6. The average molecular weight is 224 g/mol. The molecule has 86 valence electrons. The van der Waals surface area contributed by atoms with Crippen molar-refractivity contribution in [2.24, 2.45) is 0 Å². The Morgan fingerprint density at radius 2 is 2.06 bits per heavy atom. The standard InChI is InChI=1S/C12H13FO3/c13-10-6-12(15,7-10)11(14)16-8-9-4-2-1-3-5-9/h1-5,10,15H,6-8H2. The van der Waals surface area contributed by atoms with Gasteiger partial charge in [-0.3, -0.25) is 0 Å². The van der Waals surface area contributed by atoms with Gasteiger partial charge in [0.25, 0.3) is 0 Å². The molecule has 1 N–H and O–H groups in total. The largest absolute Gasteiger partial charge is 0.459 e. The summed E-state index contributed by atoms with van der Waals surface area (Å²) in [7, 11) is 0. The number of alkyl halides is 1. The minimum absolute atomic E-state index is 0.110. The van der Waals surface area contributed by atoms with Crippen molar-refractivity contribution in [2.75, 3.05) is 0 Å². The zero-order valence-corrected chi connectivity index (χ0v) is 8.73. The number of aliphatic hydroxyl groups is 1. The van der Waals surface area contributed by atoms with Crippen LogP contribution in [0.5, 0.6) is 0 Å². The van der Waals surface area contributed by atoms with Crippen LogP contribution >= 0.6 is 0 Å². The van der Waals surface area contributed by atoms with Crippen LogP contribution in [0.2, 0.25) is 0 Å². The van der Waals surface area contributed by atoms with E-state index >= 15 is 0 Å². The second-order valence-corrected chi connectivity index (χ2v) is 4.10. The number of benzene rings is 1. The van der Waals surface area contributed by atoms with Crippen LogP contribution in [0.25, 0.3) is 0 Å². The lowest BCUT2D eigenvalue weighted by Crippen LogP contribution is -2.52. The van der Waals surface area contributed by atoms with Gasteiger partial charge >= 0.3 is 5.97 Å². The minimum Gasteiger partial charge on any atom is -0.459 e. The van der Waals surface area contributed by atoms with Crippen molar-refractivity contribution in [2.45, 2.75) is 31.2 Å². The Kier molecular flexibility index (Phi) is 2.92. The zero-order valence-electron chi connectivity index (χ0n) is 8.73. The van der Waals surface area contributed by atoms with Crippen LogP contribution in [-0.2, 0) is 16.1 Å². The summed E-state index contributed by atoms with van der Waals surface area (Å²) in [5.41, 5.74) is -0.760. The summed E-state index contributed by atoms with van der Waals surface area (Å²) in [6.07, 6.45) is -1.39. The second-order valence-electron chi connectivity index (χ2n) is 4.10. The fourth-order valence-corrected chi connectivity index (χ4v) is 1.70. The van der Waals surface area contributed by atoms with Crippen LogP contribution in [0.15, 0.2) is 30.3 Å². The van der Waals surface area contributed by atoms with Crippen molar-refractivity contribution < 1.29 is 19.0 Å². The number of hydrogen-bond acceptors (Lipinski definition) is 3. The third-order valence-corrected chi connectivity index (χ3v) is 2.71. The molecule has 1 saturated carbocycles. The summed E-state index contributed by atoms with van der Waals surface area (Å²) < 4.78 is 17.5. The Labute approximate surface area is 92.9 Å². The maximum Gasteiger partial charge on any atom is 0.338 e. The second kappa shape index (κ2) is 4.22. The Balaban J connectivity index is 1.85. The summed E-state index contributed by atoms with van der Waals surface area (Å²) in [4.78, 5) is 11.4. The molecule has 0 saturated heterocycles. The molecule has 0 aromatic heterocycles. The fourth-order valence-electron chi connectivity index (χ4n) is 1.70. The predicted molar refractivity (Wildman–Crippen MR) is 55.3 cm³/mol. The van der Waals surface area contributed by atoms with E-state index in [4.69, 9.17) is 4.74 Å².